The molecule has 0 aliphatic rings. The number of ketones is 2. The third kappa shape index (κ3) is 7.65. The highest BCUT2D eigenvalue weighted by atomic mass is 127. The van der Waals surface area contributed by atoms with Crippen molar-refractivity contribution in [3.63, 3.8) is 0 Å². The molecule has 0 saturated heterocycles. The quantitative estimate of drug-likeness (QED) is 0.131. The fourth-order valence-electron chi connectivity index (χ4n) is 2.10. The van der Waals surface area contributed by atoms with Gasteiger partial charge in [-0.05, 0) is 80.6 Å². The summed E-state index contributed by atoms with van der Waals surface area (Å²) in [5, 5.41) is 9.04. The minimum atomic E-state index is -0.211. The summed E-state index contributed by atoms with van der Waals surface area (Å²) in [4.78, 5) is 29.6. The lowest BCUT2D eigenvalue weighted by atomic mass is 9.99. The minimum Gasteiger partial charge on any atom is -0.391 e. The third-order valence-corrected chi connectivity index (χ3v) is 6.48. The van der Waals surface area contributed by atoms with E-state index < -0.39 is 0 Å². The van der Waals surface area contributed by atoms with E-state index in [2.05, 4.69) is 85.9 Å². The molecule has 0 amide bonds. The first-order valence-electron chi connectivity index (χ1n) is 8.52. The molecule has 0 heterocycles. The average molecular weight is 707 g/mol. The molecule has 0 spiro atoms. The normalized spacial score (nSPS) is 10.3. The number of benzene rings is 1. The van der Waals surface area contributed by atoms with Crippen molar-refractivity contribution < 1.29 is 14.7 Å². The van der Waals surface area contributed by atoms with Crippen molar-refractivity contribution in [2.75, 3.05) is 6.61 Å². The van der Waals surface area contributed by atoms with E-state index in [4.69, 9.17) is 5.11 Å². The van der Waals surface area contributed by atoms with Gasteiger partial charge in [-0.15, -0.1) is 13.2 Å². The van der Waals surface area contributed by atoms with Gasteiger partial charge in [0, 0.05) is 33.8 Å². The summed E-state index contributed by atoms with van der Waals surface area (Å²) in [7, 11) is 0. The van der Waals surface area contributed by atoms with E-state index in [0.717, 1.165) is 0 Å². The Bertz CT molecular complexity index is 677. The number of carbonyl (C=O) groups is 2. The van der Waals surface area contributed by atoms with Gasteiger partial charge < -0.3 is 5.11 Å². The molecule has 27 heavy (non-hydrogen) atoms. The minimum absolute atomic E-state index is 0.0386. The summed E-state index contributed by atoms with van der Waals surface area (Å²) in [6, 6.07) is 0. The van der Waals surface area contributed by atoms with Gasteiger partial charge >= 0.3 is 0 Å². The maximum absolute atomic E-state index is 12.7. The van der Waals surface area contributed by atoms with Crippen molar-refractivity contribution in [1.82, 2.24) is 0 Å². The zero-order valence-corrected chi connectivity index (χ0v) is 22.0. The summed E-state index contributed by atoms with van der Waals surface area (Å²) in [6.07, 6.45) is 6.58. The summed E-state index contributed by atoms with van der Waals surface area (Å²) in [5.74, 6) is -0.0772. The molecule has 0 saturated carbocycles. The first kappa shape index (κ1) is 26.9. The molecule has 0 atom stereocenters. The summed E-state index contributed by atoms with van der Waals surface area (Å²) in [6.45, 7) is 11.1. The molecular weight excluding hydrogens is 683 g/mol. The molecular formula is C20H24I3NO3. The van der Waals surface area contributed by atoms with Crippen LogP contribution in [-0.2, 0) is 0 Å². The van der Waals surface area contributed by atoms with Gasteiger partial charge in [-0.2, -0.15) is 0 Å². The van der Waals surface area contributed by atoms with Crippen molar-refractivity contribution in [3.8, 4) is 0 Å². The molecule has 0 fully saturated rings. The highest BCUT2D eigenvalue weighted by Crippen LogP contribution is 2.38. The van der Waals surface area contributed by atoms with Gasteiger partial charge in [-0.25, -0.2) is 0 Å². The predicted molar refractivity (Wildman–Crippen MR) is 139 cm³/mol. The summed E-state index contributed by atoms with van der Waals surface area (Å²) < 4.78 is 2.06. The van der Waals surface area contributed by atoms with E-state index in [0.29, 0.717) is 53.2 Å². The molecule has 0 aliphatic heterocycles. The molecule has 1 rings (SSSR count). The Kier molecular flexibility index (Phi) is 14.7. The van der Waals surface area contributed by atoms with Crippen LogP contribution < -0.4 is 0 Å². The zero-order valence-electron chi connectivity index (χ0n) is 15.5. The Labute approximate surface area is 202 Å². The lowest BCUT2D eigenvalue weighted by molar-refractivity contribution is 0.0981. The van der Waals surface area contributed by atoms with Crippen LogP contribution in [0.25, 0.3) is 0 Å². The highest BCUT2D eigenvalue weighted by Gasteiger charge is 2.26. The van der Waals surface area contributed by atoms with Crippen molar-refractivity contribution in [1.29, 1.82) is 0 Å². The Morgan fingerprint density at radius 3 is 1.67 bits per heavy atom. The van der Waals surface area contributed by atoms with Crippen LogP contribution in [0.4, 0.5) is 5.69 Å². The number of nitrogens with zero attached hydrogens (tertiary/aromatic N) is 1. The fraction of sp³-hybridized carbons (Fsp3) is 0.350. The van der Waals surface area contributed by atoms with E-state index in [1.807, 2.05) is 13.8 Å². The topological polar surface area (TPSA) is 66.7 Å². The molecule has 0 aromatic heterocycles. The summed E-state index contributed by atoms with van der Waals surface area (Å²) in [5.41, 5.74) is 1.60. The van der Waals surface area contributed by atoms with Crippen LogP contribution in [0.2, 0.25) is 0 Å². The first-order chi connectivity index (χ1) is 12.9. The largest absolute Gasteiger partial charge is 0.391 e. The van der Waals surface area contributed by atoms with Crippen LogP contribution in [-0.4, -0.2) is 29.5 Å². The molecule has 1 aromatic rings. The van der Waals surface area contributed by atoms with E-state index in [-0.39, 0.29) is 18.2 Å². The van der Waals surface area contributed by atoms with Crippen LogP contribution >= 0.6 is 67.8 Å². The maximum atomic E-state index is 12.7. The van der Waals surface area contributed by atoms with Crippen LogP contribution in [0.5, 0.6) is 0 Å². The van der Waals surface area contributed by atoms with Gasteiger partial charge in [0.25, 0.3) is 0 Å². The second kappa shape index (κ2) is 14.8. The predicted octanol–water partition coefficient (Wildman–Crippen LogP) is 6.52. The lowest BCUT2D eigenvalue weighted by Crippen LogP contribution is -2.13. The average Bonchev–Trinajstić information content (AvgIpc) is 2.66. The number of rotatable bonds is 10. The summed E-state index contributed by atoms with van der Waals surface area (Å²) >= 11 is 6.25. The van der Waals surface area contributed by atoms with E-state index in [9.17, 15) is 9.59 Å². The lowest BCUT2D eigenvalue weighted by Gasteiger charge is -2.16. The van der Waals surface area contributed by atoms with Crippen LogP contribution in [0.15, 0.2) is 30.3 Å². The molecule has 0 bridgehead atoms. The van der Waals surface area contributed by atoms with Gasteiger partial charge in [0.15, 0.2) is 11.6 Å². The standard InChI is InChI=1S/C18H18I3NO3.C2H6/c1-3-5-7-11(24)13-15(19)14(12(25)8-6-4-2)17(21)18(16(13)20)22-9-10-23;1-2/h3-4,9,23H,1-2,5-8,10H2;1-2H3. The Morgan fingerprint density at radius 2 is 1.33 bits per heavy atom. The Balaban J connectivity index is 0.00000326. The molecule has 1 N–H and O–H groups in total. The SMILES string of the molecule is C=CCCC(=O)c1c(I)c(N=CCO)c(I)c(C(=O)CCC=C)c1I.CC. The second-order valence-electron chi connectivity index (χ2n) is 5.04. The fourth-order valence-corrected chi connectivity index (χ4v) is 6.75. The number of hydrogen-bond donors (Lipinski definition) is 1. The molecule has 0 aliphatic carbocycles. The number of aliphatic hydroxyl groups is 1. The van der Waals surface area contributed by atoms with Gasteiger partial charge in [0.05, 0.1) is 19.4 Å². The second-order valence-corrected chi connectivity index (χ2v) is 8.27. The molecule has 148 valence electrons. The highest BCUT2D eigenvalue weighted by molar-refractivity contribution is 14.1. The monoisotopic (exact) mass is 707 g/mol. The van der Waals surface area contributed by atoms with Crippen molar-refractivity contribution in [2.24, 2.45) is 4.99 Å². The third-order valence-electron chi connectivity index (χ3n) is 3.30. The van der Waals surface area contributed by atoms with Crippen molar-refractivity contribution in [2.45, 2.75) is 39.5 Å². The zero-order chi connectivity index (χ0) is 21.0. The van der Waals surface area contributed by atoms with Gasteiger partial charge in [-0.3, -0.25) is 14.6 Å². The number of aliphatic hydroxyl groups excluding tert-OH is 1. The number of aliphatic imine (C=N–C) groups is 1. The van der Waals surface area contributed by atoms with Crippen molar-refractivity contribution in [3.05, 3.63) is 47.1 Å². The number of hydrogen-bond acceptors (Lipinski definition) is 4. The molecule has 0 unspecified atom stereocenters. The number of carbonyl (C=O) groups excluding carboxylic acids is 2. The molecule has 0 radical (unpaired) electrons. The smallest absolute Gasteiger partial charge is 0.165 e. The van der Waals surface area contributed by atoms with Crippen LogP contribution in [0, 0.1) is 10.7 Å². The Morgan fingerprint density at radius 1 is 0.926 bits per heavy atom. The van der Waals surface area contributed by atoms with Gasteiger partial charge in [-0.1, -0.05) is 26.0 Å². The Hall–Kier alpha value is -0.140. The molecule has 4 nitrogen and oxygen atoms in total. The van der Waals surface area contributed by atoms with E-state index in [1.165, 1.54) is 6.21 Å². The van der Waals surface area contributed by atoms with Crippen molar-refractivity contribution >= 4 is 91.2 Å². The molecule has 7 heteroatoms. The number of Topliss-reactive ketones (excluding diaryl/α,β-unsaturated/α-hetero) is 2. The number of halogens is 3. The van der Waals surface area contributed by atoms with Crippen LogP contribution in [0.3, 0.4) is 0 Å². The van der Waals surface area contributed by atoms with Crippen LogP contribution in [0.1, 0.15) is 60.2 Å². The molecule has 1 aromatic carbocycles. The van der Waals surface area contributed by atoms with Gasteiger partial charge in [0.2, 0.25) is 0 Å². The van der Waals surface area contributed by atoms with E-state index >= 15 is 0 Å². The van der Waals surface area contributed by atoms with E-state index in [1.54, 1.807) is 12.2 Å². The maximum Gasteiger partial charge on any atom is 0.165 e. The first-order valence-corrected chi connectivity index (χ1v) is 11.8. The number of allylic oxidation sites excluding steroid dienone is 2. The van der Waals surface area contributed by atoms with Gasteiger partial charge in [0.1, 0.15) is 0 Å².